The molecule has 2 rings (SSSR count). The van der Waals surface area contributed by atoms with Crippen LogP contribution in [0, 0.1) is 11.3 Å². The van der Waals surface area contributed by atoms with Crippen molar-refractivity contribution in [3.8, 4) is 6.07 Å². The zero-order chi connectivity index (χ0) is 8.39. The summed E-state index contributed by atoms with van der Waals surface area (Å²) in [4.78, 5) is 0. The highest BCUT2D eigenvalue weighted by Crippen LogP contribution is 2.16. The first-order chi connectivity index (χ1) is 5.90. The second-order valence-electron chi connectivity index (χ2n) is 2.41. The average Bonchev–Trinajstić information content (AvgIpc) is 2.51. The molecule has 58 valence electrons. The molecule has 0 amide bonds. The van der Waals surface area contributed by atoms with E-state index < -0.39 is 0 Å². The molecule has 0 N–H and O–H groups in total. The Morgan fingerprint density at radius 1 is 1.50 bits per heavy atom. The first kappa shape index (κ1) is 7.19. The lowest BCUT2D eigenvalue weighted by atomic mass is 10.2. The lowest BCUT2D eigenvalue weighted by Gasteiger charge is -1.91. The summed E-state index contributed by atoms with van der Waals surface area (Å²) in [5.74, 6) is 0. The van der Waals surface area contributed by atoms with Gasteiger partial charge in [0.15, 0.2) is 0 Å². The van der Waals surface area contributed by atoms with Gasteiger partial charge in [-0.25, -0.2) is 0 Å². The molecule has 0 saturated carbocycles. The number of hydrogen-bond acceptors (Lipinski definition) is 4. The maximum Gasteiger partial charge on any atom is 0.105 e. The first-order valence-corrected chi connectivity index (χ1v) is 4.25. The Labute approximate surface area is 73.4 Å². The minimum absolute atomic E-state index is 0.452. The van der Waals surface area contributed by atoms with Crippen LogP contribution in [0.2, 0.25) is 0 Å². The molecule has 1 heterocycles. The fraction of sp³-hybridized carbons (Fsp3) is 0.125. The maximum absolute atomic E-state index is 8.46. The molecule has 12 heavy (non-hydrogen) atoms. The number of rotatable bonds is 1. The van der Waals surface area contributed by atoms with Crippen LogP contribution in [-0.4, -0.2) is 9.59 Å². The van der Waals surface area contributed by atoms with Crippen LogP contribution in [-0.2, 0) is 6.42 Å². The SMILES string of the molecule is N#CCc1ccc2nnsc2c1. The van der Waals surface area contributed by atoms with Crippen molar-refractivity contribution in [2.24, 2.45) is 0 Å². The van der Waals surface area contributed by atoms with Gasteiger partial charge in [-0.05, 0) is 29.2 Å². The molecule has 0 aliphatic rings. The monoisotopic (exact) mass is 175 g/mol. The molecule has 0 fully saturated rings. The van der Waals surface area contributed by atoms with Gasteiger partial charge in [-0.3, -0.25) is 0 Å². The van der Waals surface area contributed by atoms with Gasteiger partial charge in [0, 0.05) is 0 Å². The van der Waals surface area contributed by atoms with E-state index in [1.54, 1.807) is 0 Å². The normalized spacial score (nSPS) is 9.92. The molecule has 1 aromatic carbocycles. The van der Waals surface area contributed by atoms with E-state index in [0.29, 0.717) is 6.42 Å². The Hall–Kier alpha value is -1.47. The highest BCUT2D eigenvalue weighted by Gasteiger charge is 1.98. The minimum Gasteiger partial charge on any atom is -0.198 e. The highest BCUT2D eigenvalue weighted by molar-refractivity contribution is 7.12. The Morgan fingerprint density at radius 2 is 2.42 bits per heavy atom. The summed E-state index contributed by atoms with van der Waals surface area (Å²) in [6.45, 7) is 0. The van der Waals surface area contributed by atoms with E-state index in [2.05, 4.69) is 15.7 Å². The molecular formula is C8H5N3S. The van der Waals surface area contributed by atoms with E-state index in [1.807, 2.05) is 18.2 Å². The molecule has 0 saturated heterocycles. The number of fused-ring (bicyclic) bond motifs is 1. The van der Waals surface area contributed by atoms with Gasteiger partial charge in [-0.1, -0.05) is 10.6 Å². The van der Waals surface area contributed by atoms with Crippen LogP contribution in [0.1, 0.15) is 5.56 Å². The van der Waals surface area contributed by atoms with Gasteiger partial charge in [0.05, 0.1) is 17.2 Å². The molecule has 0 bridgehead atoms. The van der Waals surface area contributed by atoms with E-state index in [9.17, 15) is 0 Å². The number of nitriles is 1. The van der Waals surface area contributed by atoms with Crippen LogP contribution in [0.3, 0.4) is 0 Å². The Kier molecular flexibility index (Phi) is 1.72. The summed E-state index contributed by atoms with van der Waals surface area (Å²) in [5.41, 5.74) is 1.93. The maximum atomic E-state index is 8.46. The lowest BCUT2D eigenvalue weighted by Crippen LogP contribution is -1.79. The summed E-state index contributed by atoms with van der Waals surface area (Å²) in [6.07, 6.45) is 0.452. The summed E-state index contributed by atoms with van der Waals surface area (Å²) < 4.78 is 4.86. The molecule has 0 spiro atoms. The zero-order valence-corrected chi connectivity index (χ0v) is 7.01. The van der Waals surface area contributed by atoms with E-state index in [1.165, 1.54) is 11.5 Å². The van der Waals surface area contributed by atoms with Crippen molar-refractivity contribution in [2.75, 3.05) is 0 Å². The number of hydrogen-bond donors (Lipinski definition) is 0. The van der Waals surface area contributed by atoms with Gasteiger partial charge in [-0.15, -0.1) is 5.10 Å². The molecule has 4 heteroatoms. The fourth-order valence-electron chi connectivity index (χ4n) is 1.02. The van der Waals surface area contributed by atoms with Gasteiger partial charge < -0.3 is 0 Å². The highest BCUT2D eigenvalue weighted by atomic mass is 32.1. The van der Waals surface area contributed by atoms with Gasteiger partial charge in [0.1, 0.15) is 5.52 Å². The second kappa shape index (κ2) is 2.88. The molecule has 3 nitrogen and oxygen atoms in total. The van der Waals surface area contributed by atoms with Crippen LogP contribution in [0.4, 0.5) is 0 Å². The van der Waals surface area contributed by atoms with E-state index in [0.717, 1.165) is 15.8 Å². The summed E-state index contributed by atoms with van der Waals surface area (Å²) in [5, 5.41) is 12.4. The summed E-state index contributed by atoms with van der Waals surface area (Å²) in [7, 11) is 0. The van der Waals surface area contributed by atoms with Crippen molar-refractivity contribution in [3.63, 3.8) is 0 Å². The fourth-order valence-corrected chi connectivity index (χ4v) is 1.65. The molecule has 0 radical (unpaired) electrons. The van der Waals surface area contributed by atoms with Crippen molar-refractivity contribution < 1.29 is 0 Å². The van der Waals surface area contributed by atoms with Gasteiger partial charge in [0.2, 0.25) is 0 Å². The average molecular weight is 175 g/mol. The smallest absolute Gasteiger partial charge is 0.105 e. The van der Waals surface area contributed by atoms with Crippen LogP contribution < -0.4 is 0 Å². The van der Waals surface area contributed by atoms with Gasteiger partial charge in [-0.2, -0.15) is 5.26 Å². The van der Waals surface area contributed by atoms with Crippen LogP contribution in [0.25, 0.3) is 10.2 Å². The zero-order valence-electron chi connectivity index (χ0n) is 6.19. The predicted molar refractivity (Wildman–Crippen MR) is 46.7 cm³/mol. The minimum atomic E-state index is 0.452. The first-order valence-electron chi connectivity index (χ1n) is 3.48. The quantitative estimate of drug-likeness (QED) is 0.663. The van der Waals surface area contributed by atoms with Gasteiger partial charge >= 0.3 is 0 Å². The Morgan fingerprint density at radius 3 is 3.25 bits per heavy atom. The van der Waals surface area contributed by atoms with Crippen molar-refractivity contribution in [1.82, 2.24) is 9.59 Å². The number of benzene rings is 1. The molecule has 0 unspecified atom stereocenters. The second-order valence-corrected chi connectivity index (χ2v) is 3.20. The topological polar surface area (TPSA) is 49.6 Å². The van der Waals surface area contributed by atoms with Crippen LogP contribution in [0.5, 0.6) is 0 Å². The third kappa shape index (κ3) is 1.15. The van der Waals surface area contributed by atoms with Crippen molar-refractivity contribution in [1.29, 1.82) is 5.26 Å². The summed E-state index contributed by atoms with van der Waals surface area (Å²) in [6, 6.07) is 7.87. The van der Waals surface area contributed by atoms with Gasteiger partial charge in [0.25, 0.3) is 0 Å². The molecule has 0 atom stereocenters. The number of nitrogens with zero attached hydrogens (tertiary/aromatic N) is 3. The van der Waals surface area contributed by atoms with Crippen LogP contribution in [0.15, 0.2) is 18.2 Å². The van der Waals surface area contributed by atoms with Crippen molar-refractivity contribution >= 4 is 21.7 Å². The predicted octanol–water partition coefficient (Wildman–Crippen LogP) is 1.76. The van der Waals surface area contributed by atoms with Crippen LogP contribution >= 0.6 is 11.5 Å². The molecule has 2 aromatic rings. The third-order valence-corrected chi connectivity index (χ3v) is 2.28. The van der Waals surface area contributed by atoms with E-state index in [4.69, 9.17) is 5.26 Å². The van der Waals surface area contributed by atoms with Crippen molar-refractivity contribution in [3.05, 3.63) is 23.8 Å². The standard InChI is InChI=1S/C8H5N3S/c9-4-3-6-1-2-7-8(5-6)12-11-10-7/h1-2,5H,3H2. The Balaban J connectivity index is 2.54. The molecule has 0 aliphatic heterocycles. The number of aromatic nitrogens is 2. The van der Waals surface area contributed by atoms with E-state index in [-0.39, 0.29) is 0 Å². The Bertz CT molecular complexity index is 441. The third-order valence-electron chi connectivity index (χ3n) is 1.60. The largest absolute Gasteiger partial charge is 0.198 e. The molecule has 1 aromatic heterocycles. The van der Waals surface area contributed by atoms with Crippen molar-refractivity contribution in [2.45, 2.75) is 6.42 Å². The molecule has 0 aliphatic carbocycles. The summed E-state index contributed by atoms with van der Waals surface area (Å²) >= 11 is 1.36. The molecular weight excluding hydrogens is 170 g/mol. The lowest BCUT2D eigenvalue weighted by molar-refractivity contribution is 1.20. The van der Waals surface area contributed by atoms with E-state index >= 15 is 0 Å².